The predicted molar refractivity (Wildman–Crippen MR) is 182 cm³/mol. The van der Waals surface area contributed by atoms with Gasteiger partial charge in [-0.3, -0.25) is 0 Å². The molecule has 0 saturated heterocycles. The van der Waals surface area contributed by atoms with Gasteiger partial charge in [-0.2, -0.15) is 0 Å². The average Bonchev–Trinajstić information content (AvgIpc) is 3.06. The highest BCUT2D eigenvalue weighted by atomic mass is 14.2. The lowest BCUT2D eigenvalue weighted by Gasteiger charge is -2.21. The molecule has 42 heavy (non-hydrogen) atoms. The Kier molecular flexibility index (Phi) is 5.00. The summed E-state index contributed by atoms with van der Waals surface area (Å²) in [5, 5.41) is 15.4. The standard InChI is InChI=1S/C42H26/c1-2-13-29-25-31(22-21-27(29)11-1)40-36-19-9-10-20-37(36)42(41-33-16-6-3-12-28(33)23-24-38(40)41)39-26-30-14-4-5-15-32(30)34-17-7-8-18-35(34)39/h1-26H. The summed E-state index contributed by atoms with van der Waals surface area (Å²) < 4.78 is 0. The van der Waals surface area contributed by atoms with Crippen molar-refractivity contribution in [1.29, 1.82) is 0 Å². The van der Waals surface area contributed by atoms with Crippen molar-refractivity contribution < 1.29 is 0 Å². The van der Waals surface area contributed by atoms with E-state index < -0.39 is 0 Å². The number of benzene rings is 9. The zero-order valence-corrected chi connectivity index (χ0v) is 23.0. The molecule has 9 aromatic rings. The Balaban J connectivity index is 1.53. The largest absolute Gasteiger partial charge is 0.0616 e. The van der Waals surface area contributed by atoms with Crippen LogP contribution in [0.3, 0.4) is 0 Å². The van der Waals surface area contributed by atoms with Crippen LogP contribution in [0.25, 0.3) is 86.9 Å². The number of hydrogen-bond acceptors (Lipinski definition) is 0. The fourth-order valence-electron chi connectivity index (χ4n) is 7.14. The van der Waals surface area contributed by atoms with Gasteiger partial charge in [-0.25, -0.2) is 0 Å². The van der Waals surface area contributed by atoms with Gasteiger partial charge >= 0.3 is 0 Å². The topological polar surface area (TPSA) is 0 Å². The van der Waals surface area contributed by atoms with E-state index >= 15 is 0 Å². The Morgan fingerprint density at radius 3 is 1.60 bits per heavy atom. The maximum atomic E-state index is 2.41. The molecule has 0 spiro atoms. The smallest absolute Gasteiger partial charge is 0.00137 e. The summed E-state index contributed by atoms with van der Waals surface area (Å²) in [4.78, 5) is 0. The first-order chi connectivity index (χ1) is 20.8. The Bertz CT molecular complexity index is 2510. The summed E-state index contributed by atoms with van der Waals surface area (Å²) in [7, 11) is 0. The van der Waals surface area contributed by atoms with E-state index in [1.807, 2.05) is 0 Å². The molecule has 0 amide bonds. The van der Waals surface area contributed by atoms with Crippen molar-refractivity contribution in [2.75, 3.05) is 0 Å². The summed E-state index contributed by atoms with van der Waals surface area (Å²) >= 11 is 0. The molecule has 9 rings (SSSR count). The second-order valence-electron chi connectivity index (χ2n) is 11.3. The highest BCUT2D eigenvalue weighted by Crippen LogP contribution is 2.48. The number of fused-ring (bicyclic) bond motifs is 8. The summed E-state index contributed by atoms with van der Waals surface area (Å²) in [6.07, 6.45) is 0. The van der Waals surface area contributed by atoms with Crippen LogP contribution in [0, 0.1) is 0 Å². The van der Waals surface area contributed by atoms with Crippen LogP contribution < -0.4 is 0 Å². The monoisotopic (exact) mass is 530 g/mol. The molecule has 0 N–H and O–H groups in total. The maximum absolute atomic E-state index is 2.41. The summed E-state index contributed by atoms with van der Waals surface area (Å²) in [6.45, 7) is 0. The molecule has 0 aromatic heterocycles. The van der Waals surface area contributed by atoms with E-state index in [0.29, 0.717) is 0 Å². The fraction of sp³-hybridized carbons (Fsp3) is 0. The molecule has 0 aliphatic carbocycles. The van der Waals surface area contributed by atoms with Gasteiger partial charge in [0.25, 0.3) is 0 Å². The fourth-order valence-corrected chi connectivity index (χ4v) is 7.14. The molecule has 0 bridgehead atoms. The molecule has 0 heteroatoms. The van der Waals surface area contributed by atoms with Crippen LogP contribution in [0.1, 0.15) is 0 Å². The van der Waals surface area contributed by atoms with Gasteiger partial charge in [-0.05, 0) is 99.0 Å². The molecule has 0 heterocycles. The normalized spacial score (nSPS) is 11.8. The van der Waals surface area contributed by atoms with Gasteiger partial charge in [0.15, 0.2) is 0 Å². The van der Waals surface area contributed by atoms with Crippen LogP contribution in [0.4, 0.5) is 0 Å². The quantitative estimate of drug-likeness (QED) is 0.154. The Morgan fingerprint density at radius 1 is 0.262 bits per heavy atom. The third-order valence-corrected chi connectivity index (χ3v) is 8.99. The molecule has 9 aromatic carbocycles. The van der Waals surface area contributed by atoms with Crippen molar-refractivity contribution in [2.45, 2.75) is 0 Å². The van der Waals surface area contributed by atoms with E-state index in [4.69, 9.17) is 0 Å². The summed E-state index contributed by atoms with van der Waals surface area (Å²) in [5.41, 5.74) is 5.14. The van der Waals surface area contributed by atoms with E-state index in [0.717, 1.165) is 0 Å². The van der Waals surface area contributed by atoms with Gasteiger partial charge in [0.05, 0.1) is 0 Å². The van der Waals surface area contributed by atoms with Crippen molar-refractivity contribution in [1.82, 2.24) is 0 Å². The molecule has 0 aliphatic heterocycles. The van der Waals surface area contributed by atoms with Gasteiger partial charge in [0, 0.05) is 0 Å². The van der Waals surface area contributed by atoms with Gasteiger partial charge in [-0.15, -0.1) is 0 Å². The van der Waals surface area contributed by atoms with Crippen LogP contribution in [0.15, 0.2) is 158 Å². The molecular weight excluding hydrogens is 504 g/mol. The zero-order valence-electron chi connectivity index (χ0n) is 23.0. The first kappa shape index (κ1) is 23.3. The minimum Gasteiger partial charge on any atom is -0.0616 e. The molecule has 0 aliphatic rings. The molecule has 194 valence electrons. The van der Waals surface area contributed by atoms with Gasteiger partial charge in [0.2, 0.25) is 0 Å². The summed E-state index contributed by atoms with van der Waals surface area (Å²) in [5.74, 6) is 0. The van der Waals surface area contributed by atoms with Crippen molar-refractivity contribution >= 4 is 64.6 Å². The average molecular weight is 531 g/mol. The van der Waals surface area contributed by atoms with E-state index in [2.05, 4.69) is 158 Å². The van der Waals surface area contributed by atoms with Crippen LogP contribution in [-0.4, -0.2) is 0 Å². The minimum atomic E-state index is 1.25. The van der Waals surface area contributed by atoms with E-state index in [9.17, 15) is 0 Å². The van der Waals surface area contributed by atoms with Crippen LogP contribution in [-0.2, 0) is 0 Å². The van der Waals surface area contributed by atoms with E-state index in [1.165, 1.54) is 86.9 Å². The van der Waals surface area contributed by atoms with Gasteiger partial charge < -0.3 is 0 Å². The van der Waals surface area contributed by atoms with Crippen molar-refractivity contribution in [3.05, 3.63) is 158 Å². The number of hydrogen-bond donors (Lipinski definition) is 0. The molecule has 0 saturated carbocycles. The third kappa shape index (κ3) is 3.36. The molecular formula is C42H26. The van der Waals surface area contributed by atoms with Crippen LogP contribution in [0.5, 0.6) is 0 Å². The SMILES string of the molecule is c1ccc2cc(-c3c4ccccc4c(-c4cc5ccccc5c5ccccc45)c4c3ccc3ccccc34)ccc2c1. The van der Waals surface area contributed by atoms with E-state index in [-0.39, 0.29) is 0 Å². The first-order valence-corrected chi connectivity index (χ1v) is 14.6. The lowest BCUT2D eigenvalue weighted by atomic mass is 9.82. The minimum absolute atomic E-state index is 1.25. The van der Waals surface area contributed by atoms with Gasteiger partial charge in [0.1, 0.15) is 0 Å². The van der Waals surface area contributed by atoms with Crippen LogP contribution in [0.2, 0.25) is 0 Å². The zero-order chi connectivity index (χ0) is 27.6. The second kappa shape index (κ2) is 9.03. The Hall–Kier alpha value is -5.46. The molecule has 0 unspecified atom stereocenters. The summed E-state index contributed by atoms with van der Waals surface area (Å²) in [6, 6.07) is 58.1. The predicted octanol–water partition coefficient (Wildman–Crippen LogP) is 11.9. The molecule has 0 atom stereocenters. The van der Waals surface area contributed by atoms with Crippen molar-refractivity contribution in [3.63, 3.8) is 0 Å². The maximum Gasteiger partial charge on any atom is -0.00137 e. The van der Waals surface area contributed by atoms with Crippen LogP contribution >= 0.6 is 0 Å². The highest BCUT2D eigenvalue weighted by molar-refractivity contribution is 6.30. The van der Waals surface area contributed by atoms with Crippen molar-refractivity contribution in [2.24, 2.45) is 0 Å². The first-order valence-electron chi connectivity index (χ1n) is 14.6. The van der Waals surface area contributed by atoms with Crippen molar-refractivity contribution in [3.8, 4) is 22.3 Å². The molecule has 0 fully saturated rings. The number of rotatable bonds is 2. The highest BCUT2D eigenvalue weighted by Gasteiger charge is 2.20. The van der Waals surface area contributed by atoms with Gasteiger partial charge in [-0.1, -0.05) is 146 Å². The third-order valence-electron chi connectivity index (χ3n) is 8.99. The lowest BCUT2D eigenvalue weighted by Crippen LogP contribution is -1.93. The Morgan fingerprint density at radius 2 is 0.810 bits per heavy atom. The second-order valence-corrected chi connectivity index (χ2v) is 11.3. The molecule has 0 nitrogen and oxygen atoms in total. The van der Waals surface area contributed by atoms with E-state index in [1.54, 1.807) is 0 Å². The Labute approximate surface area is 244 Å². The lowest BCUT2D eigenvalue weighted by molar-refractivity contribution is 1.70. The molecule has 0 radical (unpaired) electrons.